The lowest BCUT2D eigenvalue weighted by atomic mass is 10.2. The van der Waals surface area contributed by atoms with Gasteiger partial charge in [-0.3, -0.25) is 9.59 Å². The zero-order chi connectivity index (χ0) is 17.0. The molecule has 7 heteroatoms. The van der Waals surface area contributed by atoms with Gasteiger partial charge in [-0.1, -0.05) is 0 Å². The first-order valence-corrected chi connectivity index (χ1v) is 7.33. The summed E-state index contributed by atoms with van der Waals surface area (Å²) in [5.74, 6) is -0.0822. The van der Waals surface area contributed by atoms with Gasteiger partial charge in [0, 0.05) is 18.9 Å². The minimum absolute atomic E-state index is 0.0914. The molecule has 0 radical (unpaired) electrons. The molecule has 0 aliphatic rings. The molecule has 2 heterocycles. The molecular formula is C16H20N4O3. The lowest BCUT2D eigenvalue weighted by Gasteiger charge is -2.16. The van der Waals surface area contributed by atoms with Crippen molar-refractivity contribution < 1.29 is 14.3 Å². The van der Waals surface area contributed by atoms with E-state index in [4.69, 9.17) is 4.74 Å². The molecule has 0 aliphatic heterocycles. The largest absolute Gasteiger partial charge is 0.465 e. The van der Waals surface area contributed by atoms with Crippen LogP contribution in [0.1, 0.15) is 28.7 Å². The van der Waals surface area contributed by atoms with Crippen LogP contribution in [0.5, 0.6) is 0 Å². The van der Waals surface area contributed by atoms with E-state index >= 15 is 0 Å². The normalized spacial score (nSPS) is 10.4. The monoisotopic (exact) mass is 316 g/mol. The van der Waals surface area contributed by atoms with Crippen molar-refractivity contribution in [2.24, 2.45) is 0 Å². The molecule has 0 spiro atoms. The standard InChI is InChI=1S/C16H20N4O3/c1-5-23-15(21)10-19(4)16(22)13-6-7-14(17-9-13)20-12(3)8-11(2)18-20/h6-9H,5,10H2,1-4H3. The molecule has 122 valence electrons. The summed E-state index contributed by atoms with van der Waals surface area (Å²) in [7, 11) is 1.55. The molecule has 2 aromatic heterocycles. The van der Waals surface area contributed by atoms with Crippen LogP contribution in [0.15, 0.2) is 24.4 Å². The van der Waals surface area contributed by atoms with Crippen molar-refractivity contribution in [3.63, 3.8) is 0 Å². The number of pyridine rings is 1. The minimum atomic E-state index is -0.435. The van der Waals surface area contributed by atoms with Crippen molar-refractivity contribution in [2.75, 3.05) is 20.2 Å². The van der Waals surface area contributed by atoms with Gasteiger partial charge in [0.2, 0.25) is 0 Å². The van der Waals surface area contributed by atoms with Gasteiger partial charge in [-0.2, -0.15) is 5.10 Å². The minimum Gasteiger partial charge on any atom is -0.465 e. The summed E-state index contributed by atoms with van der Waals surface area (Å²) in [5.41, 5.74) is 2.27. The molecule has 7 nitrogen and oxygen atoms in total. The molecular weight excluding hydrogens is 296 g/mol. The molecule has 0 bridgehead atoms. The Balaban J connectivity index is 2.11. The lowest BCUT2D eigenvalue weighted by molar-refractivity contribution is -0.143. The third-order valence-corrected chi connectivity index (χ3v) is 3.24. The third-order valence-electron chi connectivity index (χ3n) is 3.24. The maximum Gasteiger partial charge on any atom is 0.325 e. The van der Waals surface area contributed by atoms with Crippen LogP contribution < -0.4 is 0 Å². The maximum atomic E-state index is 12.3. The van der Waals surface area contributed by atoms with Gasteiger partial charge in [-0.15, -0.1) is 0 Å². The van der Waals surface area contributed by atoms with Crippen LogP contribution in [0.3, 0.4) is 0 Å². The molecule has 0 fully saturated rings. The third kappa shape index (κ3) is 3.94. The zero-order valence-electron chi connectivity index (χ0n) is 13.7. The van der Waals surface area contributed by atoms with Gasteiger partial charge >= 0.3 is 5.97 Å². The SMILES string of the molecule is CCOC(=O)CN(C)C(=O)c1ccc(-n2nc(C)cc2C)nc1. The second-order valence-corrected chi connectivity index (χ2v) is 5.21. The molecule has 23 heavy (non-hydrogen) atoms. The Kier molecular flexibility index (Phi) is 5.10. The Morgan fingerprint density at radius 1 is 1.30 bits per heavy atom. The molecule has 0 saturated carbocycles. The average Bonchev–Trinajstić information content (AvgIpc) is 2.85. The number of hydrogen-bond acceptors (Lipinski definition) is 5. The molecule has 0 aliphatic carbocycles. The number of hydrogen-bond donors (Lipinski definition) is 0. The highest BCUT2D eigenvalue weighted by Crippen LogP contribution is 2.11. The van der Waals surface area contributed by atoms with E-state index in [1.807, 2.05) is 19.9 Å². The van der Waals surface area contributed by atoms with Gasteiger partial charge in [-0.25, -0.2) is 9.67 Å². The number of nitrogens with zero attached hydrogens (tertiary/aromatic N) is 4. The summed E-state index contributed by atoms with van der Waals surface area (Å²) in [5, 5.41) is 4.35. The van der Waals surface area contributed by atoms with Crippen molar-refractivity contribution in [1.82, 2.24) is 19.7 Å². The molecule has 0 saturated heterocycles. The molecule has 2 aromatic rings. The topological polar surface area (TPSA) is 77.3 Å². The number of aryl methyl sites for hydroxylation is 2. The smallest absolute Gasteiger partial charge is 0.325 e. The first-order valence-electron chi connectivity index (χ1n) is 7.33. The zero-order valence-corrected chi connectivity index (χ0v) is 13.7. The molecule has 0 atom stereocenters. The maximum absolute atomic E-state index is 12.3. The highest BCUT2D eigenvalue weighted by molar-refractivity contribution is 5.95. The van der Waals surface area contributed by atoms with Crippen molar-refractivity contribution in [3.8, 4) is 5.82 Å². The Morgan fingerprint density at radius 3 is 2.57 bits per heavy atom. The highest BCUT2D eigenvalue weighted by atomic mass is 16.5. The second-order valence-electron chi connectivity index (χ2n) is 5.21. The average molecular weight is 316 g/mol. The van der Waals surface area contributed by atoms with E-state index in [2.05, 4.69) is 10.1 Å². The van der Waals surface area contributed by atoms with E-state index in [9.17, 15) is 9.59 Å². The molecule has 0 N–H and O–H groups in total. The summed E-state index contributed by atoms with van der Waals surface area (Å²) in [6, 6.07) is 5.35. The van der Waals surface area contributed by atoms with Crippen molar-refractivity contribution in [2.45, 2.75) is 20.8 Å². The Bertz CT molecular complexity index is 707. The van der Waals surface area contributed by atoms with Gasteiger partial charge in [0.25, 0.3) is 5.91 Å². The van der Waals surface area contributed by atoms with E-state index in [0.717, 1.165) is 11.4 Å². The van der Waals surface area contributed by atoms with Crippen molar-refractivity contribution in [1.29, 1.82) is 0 Å². The van der Waals surface area contributed by atoms with Gasteiger partial charge in [-0.05, 0) is 39.0 Å². The van der Waals surface area contributed by atoms with Crippen LogP contribution in [-0.2, 0) is 9.53 Å². The fourth-order valence-corrected chi connectivity index (χ4v) is 2.19. The summed E-state index contributed by atoms with van der Waals surface area (Å²) < 4.78 is 6.55. The molecule has 0 aromatic carbocycles. The number of amides is 1. The first kappa shape index (κ1) is 16.7. The number of carbonyl (C=O) groups excluding carboxylic acids is 2. The van der Waals surface area contributed by atoms with E-state index in [0.29, 0.717) is 18.0 Å². The number of aromatic nitrogens is 3. The Morgan fingerprint density at radius 2 is 2.04 bits per heavy atom. The van der Waals surface area contributed by atoms with E-state index in [-0.39, 0.29) is 12.5 Å². The fraction of sp³-hybridized carbons (Fsp3) is 0.375. The van der Waals surface area contributed by atoms with Crippen LogP contribution in [0.25, 0.3) is 5.82 Å². The predicted molar refractivity (Wildman–Crippen MR) is 84.4 cm³/mol. The van der Waals surface area contributed by atoms with Crippen LogP contribution in [-0.4, -0.2) is 51.7 Å². The fourth-order valence-electron chi connectivity index (χ4n) is 2.19. The van der Waals surface area contributed by atoms with Crippen LogP contribution in [0.2, 0.25) is 0 Å². The van der Waals surface area contributed by atoms with Gasteiger partial charge in [0.1, 0.15) is 6.54 Å². The van der Waals surface area contributed by atoms with Gasteiger partial charge < -0.3 is 9.64 Å². The quantitative estimate of drug-likeness (QED) is 0.782. The molecule has 1 amide bonds. The van der Waals surface area contributed by atoms with Gasteiger partial charge in [0.15, 0.2) is 5.82 Å². The summed E-state index contributed by atoms with van der Waals surface area (Å²) in [6.45, 7) is 5.77. The second kappa shape index (κ2) is 7.04. The van der Waals surface area contributed by atoms with Crippen LogP contribution in [0, 0.1) is 13.8 Å². The summed E-state index contributed by atoms with van der Waals surface area (Å²) in [6.07, 6.45) is 1.48. The predicted octanol–water partition coefficient (Wildman–Crippen LogP) is 1.52. The summed E-state index contributed by atoms with van der Waals surface area (Å²) >= 11 is 0. The van der Waals surface area contributed by atoms with E-state index in [1.54, 1.807) is 30.8 Å². The number of carbonyl (C=O) groups is 2. The lowest BCUT2D eigenvalue weighted by Crippen LogP contribution is -2.33. The molecule has 2 rings (SSSR count). The Hall–Kier alpha value is -2.70. The van der Waals surface area contributed by atoms with Gasteiger partial charge in [0.05, 0.1) is 17.9 Å². The van der Waals surface area contributed by atoms with Crippen LogP contribution >= 0.6 is 0 Å². The molecule has 0 unspecified atom stereocenters. The summed E-state index contributed by atoms with van der Waals surface area (Å²) in [4.78, 5) is 29.3. The van der Waals surface area contributed by atoms with Crippen LogP contribution in [0.4, 0.5) is 0 Å². The Labute approximate surface area is 134 Å². The number of rotatable bonds is 5. The van der Waals surface area contributed by atoms with Crippen molar-refractivity contribution in [3.05, 3.63) is 41.3 Å². The van der Waals surface area contributed by atoms with Crippen molar-refractivity contribution >= 4 is 11.9 Å². The number of ether oxygens (including phenoxy) is 1. The number of likely N-dealkylation sites (N-methyl/N-ethyl adjacent to an activating group) is 1. The first-order chi connectivity index (χ1) is 10.9. The highest BCUT2D eigenvalue weighted by Gasteiger charge is 2.16. The number of esters is 1. The van der Waals surface area contributed by atoms with E-state index < -0.39 is 5.97 Å². The van der Waals surface area contributed by atoms with E-state index in [1.165, 1.54) is 11.1 Å².